The molecular formula is C24H25FN5O2+. The van der Waals surface area contributed by atoms with Crippen molar-refractivity contribution in [1.82, 2.24) is 14.1 Å². The molecule has 0 bridgehead atoms. The summed E-state index contributed by atoms with van der Waals surface area (Å²) in [5.74, 6) is 0.660. The second-order valence-electron chi connectivity index (χ2n) is 8.61. The van der Waals surface area contributed by atoms with Crippen LogP contribution in [0.4, 0.5) is 16.0 Å². The molecule has 1 atom stereocenters. The fraction of sp³-hybridized carbons (Fsp3) is 0.292. The number of benzene rings is 2. The standard InChI is InChI=1S/C24H24FN5O2/c1-15-12-28(19-10-8-18(25)9-11-19)23-26-21-20(29(23)13-15)22(31)30(24(32)27(21)3)14-17-7-5-4-6-16(17)2/h4-11,15H,12-14H2,1-3H3/p+1/t15-/m0/s1. The van der Waals surface area contributed by atoms with Crippen LogP contribution in [0.5, 0.6) is 0 Å². The lowest BCUT2D eigenvalue weighted by atomic mass is 10.1. The van der Waals surface area contributed by atoms with Crippen LogP contribution in [0.2, 0.25) is 0 Å². The number of hydrogen-bond donors (Lipinski definition) is 1. The Morgan fingerprint density at radius 1 is 1.12 bits per heavy atom. The van der Waals surface area contributed by atoms with Gasteiger partial charge in [0.25, 0.3) is 5.56 Å². The molecule has 0 saturated carbocycles. The molecule has 0 unspecified atom stereocenters. The third-order valence-corrected chi connectivity index (χ3v) is 6.25. The summed E-state index contributed by atoms with van der Waals surface area (Å²) in [4.78, 5) is 32.0. The normalized spacial score (nSPS) is 15.9. The largest absolute Gasteiger partial charge is 0.364 e. The number of imidazole rings is 1. The van der Waals surface area contributed by atoms with E-state index in [1.54, 1.807) is 19.2 Å². The van der Waals surface area contributed by atoms with Crippen molar-refractivity contribution in [2.45, 2.75) is 26.9 Å². The third kappa shape index (κ3) is 3.14. The molecule has 32 heavy (non-hydrogen) atoms. The van der Waals surface area contributed by atoms with Gasteiger partial charge >= 0.3 is 11.6 Å². The number of nitrogens with one attached hydrogen (secondary N) is 1. The molecule has 1 aliphatic heterocycles. The Labute approximate surface area is 184 Å². The summed E-state index contributed by atoms with van der Waals surface area (Å²) in [5.41, 5.74) is 3.05. The number of nitrogens with zero attached hydrogens (tertiary/aromatic N) is 4. The van der Waals surface area contributed by atoms with E-state index in [-0.39, 0.29) is 29.5 Å². The van der Waals surface area contributed by atoms with Crippen molar-refractivity contribution in [3.8, 4) is 0 Å². The SMILES string of the molecule is Cc1ccccc1Cn1c(=O)c2c([nH]c3[n+]2C[C@@H](C)CN3c2ccc(F)cc2)n(C)c1=O. The lowest BCUT2D eigenvalue weighted by Gasteiger charge is -2.26. The number of halogens is 1. The summed E-state index contributed by atoms with van der Waals surface area (Å²) in [5, 5.41) is 0. The molecule has 2 aromatic heterocycles. The van der Waals surface area contributed by atoms with E-state index in [1.165, 1.54) is 21.3 Å². The number of aryl methyl sites for hydroxylation is 2. The maximum absolute atomic E-state index is 13.6. The van der Waals surface area contributed by atoms with E-state index >= 15 is 0 Å². The lowest BCUT2D eigenvalue weighted by Crippen LogP contribution is -2.52. The summed E-state index contributed by atoms with van der Waals surface area (Å²) < 4.78 is 18.2. The van der Waals surface area contributed by atoms with E-state index in [2.05, 4.69) is 11.9 Å². The van der Waals surface area contributed by atoms with Gasteiger partial charge in [-0.1, -0.05) is 31.2 Å². The van der Waals surface area contributed by atoms with Crippen LogP contribution >= 0.6 is 0 Å². The van der Waals surface area contributed by atoms with Crippen LogP contribution in [0.1, 0.15) is 18.1 Å². The molecule has 5 rings (SSSR count). The smallest absolute Gasteiger partial charge is 0.267 e. The van der Waals surface area contributed by atoms with Gasteiger partial charge < -0.3 is 0 Å². The molecule has 0 aliphatic carbocycles. The zero-order valence-electron chi connectivity index (χ0n) is 18.3. The molecule has 7 nitrogen and oxygen atoms in total. The molecule has 164 valence electrons. The van der Waals surface area contributed by atoms with E-state index in [9.17, 15) is 14.0 Å². The van der Waals surface area contributed by atoms with Crippen molar-refractivity contribution in [1.29, 1.82) is 0 Å². The maximum Gasteiger partial charge on any atom is 0.364 e. The molecule has 8 heteroatoms. The van der Waals surface area contributed by atoms with E-state index in [4.69, 9.17) is 0 Å². The van der Waals surface area contributed by atoms with E-state index < -0.39 is 0 Å². The van der Waals surface area contributed by atoms with Gasteiger partial charge in [0.15, 0.2) is 0 Å². The first-order valence-corrected chi connectivity index (χ1v) is 10.7. The zero-order valence-corrected chi connectivity index (χ0v) is 18.3. The first-order valence-electron chi connectivity index (χ1n) is 10.7. The first kappa shape index (κ1) is 20.2. The van der Waals surface area contributed by atoms with Crippen LogP contribution < -0.4 is 20.7 Å². The molecule has 0 amide bonds. The third-order valence-electron chi connectivity index (χ3n) is 6.25. The van der Waals surface area contributed by atoms with Gasteiger partial charge in [-0.05, 0) is 42.3 Å². The minimum Gasteiger partial charge on any atom is -0.267 e. The Balaban J connectivity index is 1.73. The average molecular weight is 434 g/mol. The van der Waals surface area contributed by atoms with Crippen molar-refractivity contribution >= 4 is 22.8 Å². The topological polar surface area (TPSA) is 66.9 Å². The van der Waals surface area contributed by atoms with E-state index in [1.807, 2.05) is 40.7 Å². The predicted octanol–water partition coefficient (Wildman–Crippen LogP) is 2.60. The summed E-state index contributed by atoms with van der Waals surface area (Å²) >= 11 is 0. The number of hydrogen-bond acceptors (Lipinski definition) is 3. The zero-order chi connectivity index (χ0) is 22.6. The fourth-order valence-electron chi connectivity index (χ4n) is 4.52. The average Bonchev–Trinajstić information content (AvgIpc) is 3.16. The van der Waals surface area contributed by atoms with Crippen molar-refractivity contribution in [3.05, 3.63) is 86.3 Å². The number of H-pyrrole nitrogens is 1. The lowest BCUT2D eigenvalue weighted by molar-refractivity contribution is -0.669. The highest BCUT2D eigenvalue weighted by Crippen LogP contribution is 2.28. The van der Waals surface area contributed by atoms with Crippen LogP contribution in [0.15, 0.2) is 58.1 Å². The Morgan fingerprint density at radius 2 is 1.84 bits per heavy atom. The highest BCUT2D eigenvalue weighted by molar-refractivity contribution is 5.70. The first-order chi connectivity index (χ1) is 15.3. The van der Waals surface area contributed by atoms with E-state index in [0.717, 1.165) is 16.8 Å². The summed E-state index contributed by atoms with van der Waals surface area (Å²) in [6.07, 6.45) is 0. The molecule has 0 saturated heterocycles. The van der Waals surface area contributed by atoms with Crippen molar-refractivity contribution in [2.75, 3.05) is 11.4 Å². The summed E-state index contributed by atoms with van der Waals surface area (Å²) in [7, 11) is 1.67. The predicted molar refractivity (Wildman–Crippen MR) is 121 cm³/mol. The van der Waals surface area contributed by atoms with Crippen molar-refractivity contribution in [2.24, 2.45) is 13.0 Å². The van der Waals surface area contributed by atoms with Crippen LogP contribution in [0.25, 0.3) is 11.2 Å². The van der Waals surface area contributed by atoms with E-state index in [0.29, 0.717) is 30.2 Å². The molecule has 1 N–H and O–H groups in total. The second kappa shape index (κ2) is 7.47. The van der Waals surface area contributed by atoms with Crippen LogP contribution in [0.3, 0.4) is 0 Å². The van der Waals surface area contributed by atoms with Gasteiger partial charge in [-0.3, -0.25) is 13.9 Å². The van der Waals surface area contributed by atoms with Crippen molar-refractivity contribution < 1.29 is 8.96 Å². The number of fused-ring (bicyclic) bond motifs is 3. The van der Waals surface area contributed by atoms with Gasteiger partial charge in [-0.2, -0.15) is 0 Å². The molecule has 3 heterocycles. The van der Waals surface area contributed by atoms with Gasteiger partial charge in [-0.25, -0.2) is 23.6 Å². The van der Waals surface area contributed by atoms with Crippen LogP contribution in [-0.2, 0) is 20.1 Å². The molecule has 0 spiro atoms. The molecular weight excluding hydrogens is 409 g/mol. The van der Waals surface area contributed by atoms with Gasteiger partial charge in [0.05, 0.1) is 19.6 Å². The Bertz CT molecular complexity index is 1450. The Kier molecular flexibility index (Phi) is 4.73. The molecule has 2 aromatic carbocycles. The number of aromatic nitrogens is 4. The summed E-state index contributed by atoms with van der Waals surface area (Å²) in [6, 6.07) is 14.0. The number of aromatic amines is 1. The highest BCUT2D eigenvalue weighted by Gasteiger charge is 2.36. The Morgan fingerprint density at radius 3 is 2.56 bits per heavy atom. The fourth-order valence-corrected chi connectivity index (χ4v) is 4.52. The maximum atomic E-state index is 13.6. The molecule has 4 aromatic rings. The van der Waals surface area contributed by atoms with Gasteiger partial charge in [0, 0.05) is 13.0 Å². The molecule has 0 radical (unpaired) electrons. The number of rotatable bonds is 3. The van der Waals surface area contributed by atoms with Gasteiger partial charge in [-0.15, -0.1) is 0 Å². The summed E-state index contributed by atoms with van der Waals surface area (Å²) in [6.45, 7) is 5.65. The molecule has 1 aliphatic rings. The minimum atomic E-state index is -0.369. The van der Waals surface area contributed by atoms with Crippen LogP contribution in [0, 0.1) is 18.7 Å². The van der Waals surface area contributed by atoms with Gasteiger partial charge in [0.2, 0.25) is 11.2 Å². The Hall–Kier alpha value is -3.68. The van der Waals surface area contributed by atoms with Gasteiger partial charge in [0.1, 0.15) is 11.5 Å². The quantitative estimate of drug-likeness (QED) is 0.504. The highest BCUT2D eigenvalue weighted by atomic mass is 19.1. The minimum absolute atomic E-state index is 0.214. The number of anilines is 2. The van der Waals surface area contributed by atoms with Crippen LogP contribution in [-0.4, -0.2) is 20.7 Å². The molecule has 0 fully saturated rings. The van der Waals surface area contributed by atoms with Crippen molar-refractivity contribution in [3.63, 3.8) is 0 Å². The monoisotopic (exact) mass is 434 g/mol. The second-order valence-corrected chi connectivity index (χ2v) is 8.61.